The van der Waals surface area contributed by atoms with Crippen LogP contribution >= 0.6 is 0 Å². The molecule has 0 aliphatic rings. The third-order valence-electron chi connectivity index (χ3n) is 4.49. The Morgan fingerprint density at radius 1 is 0.926 bits per heavy atom. The average Bonchev–Trinajstić information content (AvgIpc) is 2.93. The number of oxazole rings is 1. The third-order valence-corrected chi connectivity index (χ3v) is 6.20. The van der Waals surface area contributed by atoms with E-state index in [0.29, 0.717) is 22.2 Å². The maximum Gasteiger partial charge on any atom is 0.241 e. The van der Waals surface area contributed by atoms with E-state index >= 15 is 0 Å². The van der Waals surface area contributed by atoms with Crippen LogP contribution in [0.1, 0.15) is 33.7 Å². The van der Waals surface area contributed by atoms with Crippen LogP contribution in [0.2, 0.25) is 0 Å². The molecule has 0 saturated heterocycles. The molecule has 5 nitrogen and oxygen atoms in total. The Bertz CT molecular complexity index is 1060. The number of hydrogen-bond acceptors (Lipinski definition) is 4. The van der Waals surface area contributed by atoms with Gasteiger partial charge in [0.05, 0.1) is 17.1 Å². The number of nitrogens with zero attached hydrogens (tertiary/aromatic N) is 1. The van der Waals surface area contributed by atoms with Gasteiger partial charge >= 0.3 is 0 Å². The molecule has 0 aliphatic carbocycles. The highest BCUT2D eigenvalue weighted by Crippen LogP contribution is 2.24. The number of benzene rings is 2. The predicted octanol–water partition coefficient (Wildman–Crippen LogP) is 4.36. The second-order valence-corrected chi connectivity index (χ2v) is 8.64. The minimum atomic E-state index is -3.65. The zero-order valence-corrected chi connectivity index (χ0v) is 17.1. The fraction of sp³-hybridized carbons (Fsp3) is 0.286. The average molecular weight is 385 g/mol. The van der Waals surface area contributed by atoms with Crippen LogP contribution in [0.15, 0.2) is 45.7 Å². The van der Waals surface area contributed by atoms with Crippen LogP contribution in [0.3, 0.4) is 0 Å². The van der Waals surface area contributed by atoms with Crippen molar-refractivity contribution in [2.75, 3.05) is 0 Å². The number of hydrogen-bond donors (Lipinski definition) is 1. The molecule has 0 radical (unpaired) electrons. The lowest BCUT2D eigenvalue weighted by molar-refractivity contribution is 0.538. The van der Waals surface area contributed by atoms with E-state index in [1.807, 2.05) is 64.1 Å². The third kappa shape index (κ3) is 4.12. The summed E-state index contributed by atoms with van der Waals surface area (Å²) in [6, 6.07) is 11.6. The van der Waals surface area contributed by atoms with Gasteiger partial charge in [-0.15, -0.1) is 0 Å². The maximum absolute atomic E-state index is 12.8. The summed E-state index contributed by atoms with van der Waals surface area (Å²) in [5.41, 5.74) is 5.10. The van der Waals surface area contributed by atoms with Gasteiger partial charge < -0.3 is 4.42 Å². The molecule has 27 heavy (non-hydrogen) atoms. The summed E-state index contributed by atoms with van der Waals surface area (Å²) < 4.78 is 34.0. The minimum Gasteiger partial charge on any atom is -0.441 e. The van der Waals surface area contributed by atoms with Crippen LogP contribution in [0, 0.1) is 34.6 Å². The molecule has 0 atom stereocenters. The number of rotatable bonds is 5. The first kappa shape index (κ1) is 19.3. The molecule has 0 unspecified atom stereocenters. The molecule has 142 valence electrons. The SMILES string of the molecule is Cc1ccc(-c2nc(CNS(=O)(=O)c3c(C)cc(C)cc3C)c(C)o2)cc1. The van der Waals surface area contributed by atoms with Gasteiger partial charge in [-0.05, 0) is 57.9 Å². The van der Waals surface area contributed by atoms with Gasteiger partial charge in [-0.25, -0.2) is 18.1 Å². The Morgan fingerprint density at radius 2 is 1.52 bits per heavy atom. The Hall–Kier alpha value is -2.44. The van der Waals surface area contributed by atoms with E-state index in [4.69, 9.17) is 4.42 Å². The molecule has 1 aromatic heterocycles. The fourth-order valence-corrected chi connectivity index (χ4v) is 4.67. The van der Waals surface area contributed by atoms with E-state index < -0.39 is 10.0 Å². The predicted molar refractivity (Wildman–Crippen MR) is 106 cm³/mol. The number of nitrogens with one attached hydrogen (secondary N) is 1. The van der Waals surface area contributed by atoms with E-state index in [1.54, 1.807) is 6.92 Å². The van der Waals surface area contributed by atoms with Crippen LogP contribution in [-0.4, -0.2) is 13.4 Å². The zero-order valence-electron chi connectivity index (χ0n) is 16.3. The fourth-order valence-electron chi connectivity index (χ4n) is 3.24. The van der Waals surface area contributed by atoms with Crippen molar-refractivity contribution in [3.63, 3.8) is 0 Å². The van der Waals surface area contributed by atoms with E-state index in [2.05, 4.69) is 9.71 Å². The van der Waals surface area contributed by atoms with Gasteiger partial charge in [0.1, 0.15) is 5.76 Å². The van der Waals surface area contributed by atoms with Gasteiger partial charge in [-0.3, -0.25) is 0 Å². The number of aryl methyl sites for hydroxylation is 5. The first-order chi connectivity index (χ1) is 12.7. The Labute approximate surface area is 160 Å². The van der Waals surface area contributed by atoms with Crippen molar-refractivity contribution >= 4 is 10.0 Å². The molecular formula is C21H24N2O3S. The van der Waals surface area contributed by atoms with E-state index in [0.717, 1.165) is 27.8 Å². The van der Waals surface area contributed by atoms with Gasteiger partial charge in [0.15, 0.2) is 0 Å². The maximum atomic E-state index is 12.8. The molecule has 6 heteroatoms. The summed E-state index contributed by atoms with van der Waals surface area (Å²) in [7, 11) is -3.65. The molecule has 3 rings (SSSR count). The van der Waals surface area contributed by atoms with Gasteiger partial charge in [-0.2, -0.15) is 0 Å². The molecule has 1 N–H and O–H groups in total. The quantitative estimate of drug-likeness (QED) is 0.709. The second-order valence-electron chi connectivity index (χ2n) is 6.94. The zero-order chi connectivity index (χ0) is 19.8. The van der Waals surface area contributed by atoms with Crippen LogP contribution in [-0.2, 0) is 16.6 Å². The molecule has 2 aromatic carbocycles. The Kier molecular flexibility index (Phi) is 5.22. The summed E-state index contributed by atoms with van der Waals surface area (Å²) >= 11 is 0. The summed E-state index contributed by atoms with van der Waals surface area (Å²) in [6.07, 6.45) is 0. The number of sulfonamides is 1. The number of aromatic nitrogens is 1. The highest BCUT2D eigenvalue weighted by atomic mass is 32.2. The summed E-state index contributed by atoms with van der Waals surface area (Å²) in [4.78, 5) is 4.80. The van der Waals surface area contributed by atoms with Gasteiger partial charge in [-0.1, -0.05) is 35.4 Å². The van der Waals surface area contributed by atoms with E-state index in [1.165, 1.54) is 0 Å². The first-order valence-corrected chi connectivity index (χ1v) is 10.3. The van der Waals surface area contributed by atoms with Crippen molar-refractivity contribution in [3.8, 4) is 11.5 Å². The van der Waals surface area contributed by atoms with Crippen molar-refractivity contribution in [1.29, 1.82) is 0 Å². The molecule has 3 aromatic rings. The molecule has 1 heterocycles. The van der Waals surface area contributed by atoms with Crippen molar-refractivity contribution in [2.45, 2.75) is 46.1 Å². The highest BCUT2D eigenvalue weighted by molar-refractivity contribution is 7.89. The van der Waals surface area contributed by atoms with Crippen LogP contribution in [0.5, 0.6) is 0 Å². The van der Waals surface area contributed by atoms with Crippen LogP contribution < -0.4 is 4.72 Å². The van der Waals surface area contributed by atoms with E-state index in [-0.39, 0.29) is 6.54 Å². The molecule has 0 bridgehead atoms. The second kappa shape index (κ2) is 7.29. The van der Waals surface area contributed by atoms with Crippen LogP contribution in [0.25, 0.3) is 11.5 Å². The summed E-state index contributed by atoms with van der Waals surface area (Å²) in [5, 5.41) is 0. The van der Waals surface area contributed by atoms with Crippen molar-refractivity contribution in [2.24, 2.45) is 0 Å². The lowest BCUT2D eigenvalue weighted by Crippen LogP contribution is -2.25. The largest absolute Gasteiger partial charge is 0.441 e. The topological polar surface area (TPSA) is 72.2 Å². The first-order valence-electron chi connectivity index (χ1n) is 8.78. The molecule has 0 amide bonds. The van der Waals surface area contributed by atoms with Crippen LogP contribution in [0.4, 0.5) is 0 Å². The lowest BCUT2D eigenvalue weighted by atomic mass is 10.1. The van der Waals surface area contributed by atoms with Crippen molar-refractivity contribution < 1.29 is 12.8 Å². The normalized spacial score (nSPS) is 11.7. The smallest absolute Gasteiger partial charge is 0.241 e. The van der Waals surface area contributed by atoms with Gasteiger partial charge in [0.25, 0.3) is 0 Å². The highest BCUT2D eigenvalue weighted by Gasteiger charge is 2.21. The summed E-state index contributed by atoms with van der Waals surface area (Å²) in [5.74, 6) is 1.09. The van der Waals surface area contributed by atoms with Crippen molar-refractivity contribution in [1.82, 2.24) is 9.71 Å². The molecular weight excluding hydrogens is 360 g/mol. The molecule has 0 fully saturated rings. The van der Waals surface area contributed by atoms with Gasteiger partial charge in [0.2, 0.25) is 15.9 Å². The molecule has 0 spiro atoms. The standard InChI is InChI=1S/C21H24N2O3S/c1-13-6-8-18(9-7-13)21-23-19(17(5)26-21)12-22-27(24,25)20-15(3)10-14(2)11-16(20)4/h6-11,22H,12H2,1-5H3. The van der Waals surface area contributed by atoms with Crippen molar-refractivity contribution in [3.05, 3.63) is 70.1 Å². The summed E-state index contributed by atoms with van der Waals surface area (Å²) in [6.45, 7) is 9.46. The van der Waals surface area contributed by atoms with Gasteiger partial charge in [0, 0.05) is 5.56 Å². The molecule has 0 saturated carbocycles. The Morgan fingerprint density at radius 3 is 2.11 bits per heavy atom. The lowest BCUT2D eigenvalue weighted by Gasteiger charge is -2.12. The monoisotopic (exact) mass is 384 g/mol. The Balaban J connectivity index is 1.84. The minimum absolute atomic E-state index is 0.0796. The van der Waals surface area contributed by atoms with E-state index in [9.17, 15) is 8.42 Å². The molecule has 0 aliphatic heterocycles.